The second-order valence-electron chi connectivity index (χ2n) is 13.1. The van der Waals surface area contributed by atoms with Crippen LogP contribution in [-0.4, -0.2) is 72.9 Å². The van der Waals surface area contributed by atoms with Crippen LogP contribution in [0.1, 0.15) is 74.8 Å². The monoisotopic (exact) mass is 557 g/mol. The molecule has 0 radical (unpaired) electrons. The number of rotatable bonds is 7. The first kappa shape index (κ1) is 28.3. The van der Waals surface area contributed by atoms with E-state index in [9.17, 15) is 9.59 Å². The van der Waals surface area contributed by atoms with Crippen LogP contribution < -0.4 is 4.74 Å². The number of methoxy groups -OCH3 is 1. The standard InChI is InChI=1S/C35H47N3O3/c1-41-31-15-13-27(14-16-31)23-37-22-19-35(34(37)40)17-20-36(21-18-35)24-30-25-38(26-32(30)28-9-7-4-8-10-28)33(39)29-11-5-2-3-6-12-29/h4,7-10,13-16,29-30,32H,2-3,5-6,11-12,17-26H2,1H3/t30-,32+/m0/s1. The SMILES string of the molecule is COc1ccc(CN2CCC3(CCN(C[C@H]4CN(C(=O)C5CCCCCC5)C[C@@H]4c4ccccc4)CC3)C2=O)cc1. The van der Waals surface area contributed by atoms with Crippen molar-refractivity contribution in [3.8, 4) is 5.75 Å². The van der Waals surface area contributed by atoms with Crippen molar-refractivity contribution in [3.63, 3.8) is 0 Å². The van der Waals surface area contributed by atoms with Gasteiger partial charge in [-0.05, 0) is 74.4 Å². The van der Waals surface area contributed by atoms with E-state index in [2.05, 4.69) is 57.2 Å². The molecule has 0 bridgehead atoms. The Morgan fingerprint density at radius 2 is 1.56 bits per heavy atom. The van der Waals surface area contributed by atoms with Crippen LogP contribution in [0.5, 0.6) is 5.75 Å². The van der Waals surface area contributed by atoms with Gasteiger partial charge in [-0.25, -0.2) is 0 Å². The molecule has 1 aliphatic carbocycles. The first-order chi connectivity index (χ1) is 20.0. The predicted molar refractivity (Wildman–Crippen MR) is 162 cm³/mol. The average Bonchev–Trinajstić information content (AvgIpc) is 3.42. The van der Waals surface area contributed by atoms with Gasteiger partial charge in [0, 0.05) is 44.6 Å². The summed E-state index contributed by atoms with van der Waals surface area (Å²) in [5.74, 6) is 2.63. The van der Waals surface area contributed by atoms with Gasteiger partial charge in [-0.1, -0.05) is 68.1 Å². The molecule has 1 saturated carbocycles. The van der Waals surface area contributed by atoms with Gasteiger partial charge in [0.25, 0.3) is 0 Å². The van der Waals surface area contributed by atoms with Gasteiger partial charge < -0.3 is 19.4 Å². The smallest absolute Gasteiger partial charge is 0.229 e. The van der Waals surface area contributed by atoms with Gasteiger partial charge in [0.15, 0.2) is 0 Å². The molecule has 3 aliphatic heterocycles. The third kappa shape index (κ3) is 6.18. The Morgan fingerprint density at radius 3 is 2.24 bits per heavy atom. The van der Waals surface area contributed by atoms with E-state index in [4.69, 9.17) is 4.74 Å². The van der Waals surface area contributed by atoms with Crippen molar-refractivity contribution < 1.29 is 14.3 Å². The predicted octanol–water partition coefficient (Wildman–Crippen LogP) is 5.72. The number of piperidine rings is 1. The highest BCUT2D eigenvalue weighted by Gasteiger charge is 2.48. The summed E-state index contributed by atoms with van der Waals surface area (Å²) in [4.78, 5) is 34.1. The van der Waals surface area contributed by atoms with Crippen molar-refractivity contribution in [1.29, 1.82) is 0 Å². The van der Waals surface area contributed by atoms with Crippen molar-refractivity contribution in [2.45, 2.75) is 70.3 Å². The molecule has 2 aromatic carbocycles. The van der Waals surface area contributed by atoms with Crippen LogP contribution in [0, 0.1) is 17.3 Å². The van der Waals surface area contributed by atoms with Crippen LogP contribution in [0.4, 0.5) is 0 Å². The van der Waals surface area contributed by atoms with Gasteiger partial charge in [-0.3, -0.25) is 9.59 Å². The van der Waals surface area contributed by atoms with Gasteiger partial charge in [0.1, 0.15) is 5.75 Å². The highest BCUT2D eigenvalue weighted by molar-refractivity contribution is 5.85. The van der Waals surface area contributed by atoms with Crippen molar-refractivity contribution in [1.82, 2.24) is 14.7 Å². The number of benzene rings is 2. The van der Waals surface area contributed by atoms with Crippen molar-refractivity contribution in [3.05, 3.63) is 65.7 Å². The fraction of sp³-hybridized carbons (Fsp3) is 0.600. The molecule has 0 N–H and O–H groups in total. The maximum Gasteiger partial charge on any atom is 0.229 e. The number of carbonyl (C=O) groups excluding carboxylic acids is 2. The first-order valence-corrected chi connectivity index (χ1v) is 16.0. The molecular formula is C35H47N3O3. The van der Waals surface area contributed by atoms with E-state index in [1.165, 1.54) is 31.2 Å². The van der Waals surface area contributed by atoms with Crippen LogP contribution in [0.2, 0.25) is 0 Å². The number of hydrogen-bond acceptors (Lipinski definition) is 4. The van der Waals surface area contributed by atoms with Gasteiger partial charge in [0.05, 0.1) is 12.5 Å². The molecule has 1 spiro atoms. The summed E-state index contributed by atoms with van der Waals surface area (Å²) in [6.07, 6.45) is 9.92. The molecule has 2 amide bonds. The summed E-state index contributed by atoms with van der Waals surface area (Å²) in [5.41, 5.74) is 2.32. The molecule has 0 unspecified atom stereocenters. The number of likely N-dealkylation sites (tertiary alicyclic amines) is 3. The Balaban J connectivity index is 1.07. The molecular weight excluding hydrogens is 510 g/mol. The molecule has 41 heavy (non-hydrogen) atoms. The molecule has 3 heterocycles. The number of carbonyl (C=O) groups is 2. The maximum atomic E-state index is 13.6. The summed E-state index contributed by atoms with van der Waals surface area (Å²) in [7, 11) is 1.68. The number of amides is 2. The lowest BCUT2D eigenvalue weighted by molar-refractivity contribution is -0.139. The zero-order chi connectivity index (χ0) is 28.2. The first-order valence-electron chi connectivity index (χ1n) is 16.0. The molecule has 6 nitrogen and oxygen atoms in total. The summed E-state index contributed by atoms with van der Waals surface area (Å²) < 4.78 is 5.28. The molecule has 6 heteroatoms. The molecule has 220 valence electrons. The largest absolute Gasteiger partial charge is 0.497 e. The van der Waals surface area contributed by atoms with Gasteiger partial charge in [0.2, 0.25) is 11.8 Å². The van der Waals surface area contributed by atoms with Crippen molar-refractivity contribution in [2.24, 2.45) is 17.3 Å². The van der Waals surface area contributed by atoms with Crippen LogP contribution in [0.3, 0.4) is 0 Å². The Labute approximate surface area is 246 Å². The van der Waals surface area contributed by atoms with E-state index < -0.39 is 0 Å². The van der Waals surface area contributed by atoms with Gasteiger partial charge in [-0.15, -0.1) is 0 Å². The third-order valence-corrected chi connectivity index (χ3v) is 10.6. The number of hydrogen-bond donors (Lipinski definition) is 0. The summed E-state index contributed by atoms with van der Waals surface area (Å²) in [6, 6.07) is 18.9. The van der Waals surface area contributed by atoms with E-state index in [1.807, 2.05) is 12.1 Å². The quantitative estimate of drug-likeness (QED) is 0.409. The molecule has 2 atom stereocenters. The van der Waals surface area contributed by atoms with E-state index in [-0.39, 0.29) is 11.3 Å². The Bertz CT molecular complexity index is 1170. The van der Waals surface area contributed by atoms with E-state index in [0.717, 1.165) is 82.7 Å². The van der Waals surface area contributed by atoms with Gasteiger partial charge in [-0.2, -0.15) is 0 Å². The van der Waals surface area contributed by atoms with Gasteiger partial charge >= 0.3 is 0 Å². The van der Waals surface area contributed by atoms with E-state index in [0.29, 0.717) is 30.2 Å². The Morgan fingerprint density at radius 1 is 0.878 bits per heavy atom. The second-order valence-corrected chi connectivity index (χ2v) is 13.1. The topological polar surface area (TPSA) is 53.1 Å². The molecule has 2 aromatic rings. The lowest BCUT2D eigenvalue weighted by Crippen LogP contribution is -2.46. The van der Waals surface area contributed by atoms with Crippen LogP contribution in [-0.2, 0) is 16.1 Å². The highest BCUT2D eigenvalue weighted by Crippen LogP contribution is 2.43. The number of nitrogens with zero attached hydrogens (tertiary/aromatic N) is 3. The fourth-order valence-electron chi connectivity index (χ4n) is 8.05. The molecule has 4 fully saturated rings. The molecule has 6 rings (SSSR count). The Kier molecular flexibility index (Phi) is 8.66. The zero-order valence-corrected chi connectivity index (χ0v) is 24.8. The zero-order valence-electron chi connectivity index (χ0n) is 24.8. The van der Waals surface area contributed by atoms with E-state index in [1.54, 1.807) is 7.11 Å². The summed E-state index contributed by atoms with van der Waals surface area (Å²) in [5, 5.41) is 0. The highest BCUT2D eigenvalue weighted by atomic mass is 16.5. The average molecular weight is 558 g/mol. The van der Waals surface area contributed by atoms with Crippen molar-refractivity contribution in [2.75, 3.05) is 46.4 Å². The fourth-order valence-corrected chi connectivity index (χ4v) is 8.05. The molecule has 4 aliphatic rings. The second kappa shape index (κ2) is 12.6. The number of ether oxygens (including phenoxy) is 1. The van der Waals surface area contributed by atoms with Crippen LogP contribution in [0.25, 0.3) is 0 Å². The maximum absolute atomic E-state index is 13.6. The minimum atomic E-state index is -0.195. The summed E-state index contributed by atoms with van der Waals surface area (Å²) in [6.45, 7) is 6.19. The third-order valence-electron chi connectivity index (χ3n) is 10.6. The lowest BCUT2D eigenvalue weighted by Gasteiger charge is -2.39. The minimum Gasteiger partial charge on any atom is -0.497 e. The molecule has 3 saturated heterocycles. The Hall–Kier alpha value is -2.86. The van der Waals surface area contributed by atoms with E-state index >= 15 is 0 Å². The van der Waals surface area contributed by atoms with Crippen molar-refractivity contribution >= 4 is 11.8 Å². The lowest BCUT2D eigenvalue weighted by atomic mass is 9.76. The van der Waals surface area contributed by atoms with Crippen LogP contribution in [0.15, 0.2) is 54.6 Å². The normalized spacial score (nSPS) is 25.5. The molecule has 0 aromatic heterocycles. The van der Waals surface area contributed by atoms with Crippen LogP contribution >= 0.6 is 0 Å². The minimum absolute atomic E-state index is 0.195. The summed E-state index contributed by atoms with van der Waals surface area (Å²) >= 11 is 0.